The summed E-state index contributed by atoms with van der Waals surface area (Å²) in [4.78, 5) is 16.0. The molecule has 7 aromatic rings. The molecular formula is C44H34N4Zn-4. The molecule has 2 aliphatic heterocycles. The average molecular weight is 684 g/mol. The number of H-pyrrole nitrogens is 2. The molecule has 0 saturated heterocycles. The first-order valence-electron chi connectivity index (χ1n) is 15.5. The van der Waals surface area contributed by atoms with Crippen molar-refractivity contribution in [1.29, 1.82) is 0 Å². The Balaban J connectivity index is 0.000000175. The van der Waals surface area contributed by atoms with E-state index in [1.54, 1.807) is 0 Å². The van der Waals surface area contributed by atoms with Crippen molar-refractivity contribution in [2.75, 3.05) is 0 Å². The second-order valence-electron chi connectivity index (χ2n) is 10.2. The van der Waals surface area contributed by atoms with Gasteiger partial charge in [-0.05, 0) is 72.8 Å². The summed E-state index contributed by atoms with van der Waals surface area (Å²) in [5, 5.41) is 0. The van der Waals surface area contributed by atoms with Crippen LogP contribution in [0.15, 0.2) is 170 Å². The zero-order chi connectivity index (χ0) is 32.9. The fourth-order valence-corrected chi connectivity index (χ4v) is 4.31. The van der Waals surface area contributed by atoms with Crippen LogP contribution in [0.4, 0.5) is 0 Å². The number of aromatic nitrogens is 4. The number of nitrogens with zero attached hydrogens (tertiary/aromatic N) is 2. The summed E-state index contributed by atoms with van der Waals surface area (Å²) in [6, 6.07) is 66.4. The molecule has 0 radical (unpaired) electrons. The Labute approximate surface area is 301 Å². The molecule has 0 spiro atoms. The minimum atomic E-state index is 0. The van der Waals surface area contributed by atoms with Crippen molar-refractivity contribution >= 4 is 46.4 Å². The van der Waals surface area contributed by atoms with Crippen LogP contribution in [0.1, 0.15) is 22.8 Å². The van der Waals surface area contributed by atoms with Crippen molar-refractivity contribution in [2.24, 2.45) is 0 Å². The molecule has 5 heteroatoms. The number of hydrogen-bond donors (Lipinski definition) is 2. The van der Waals surface area contributed by atoms with E-state index in [2.05, 4.69) is 74.5 Å². The number of benzene rings is 4. The van der Waals surface area contributed by atoms with Crippen LogP contribution in [0.3, 0.4) is 0 Å². The fourth-order valence-electron chi connectivity index (χ4n) is 4.31. The Kier molecular flexibility index (Phi) is 15.5. The number of fused-ring (bicyclic) bond motifs is 8. The van der Waals surface area contributed by atoms with Gasteiger partial charge in [-0.3, -0.25) is 0 Å². The predicted octanol–water partition coefficient (Wildman–Crippen LogP) is 10.6. The summed E-state index contributed by atoms with van der Waals surface area (Å²) < 4.78 is 0. The standard InChI is InChI=1S/C20H14N4.4C6H5.Zn/c1-2-14-10-16-5-6-18(23-16)12-20-8-7-19(24-20)11-17-4-3-15(22-17)9-13(1)21-14;4*1-2-4-6-5-3-1;/h1-12,21-22H;4*1-5H;/q;4*-1;. The Bertz CT molecular complexity index is 1800. The monoisotopic (exact) mass is 682 g/mol. The summed E-state index contributed by atoms with van der Waals surface area (Å²) in [7, 11) is 0. The first-order valence-corrected chi connectivity index (χ1v) is 15.5. The van der Waals surface area contributed by atoms with Crippen LogP contribution in [-0.4, -0.2) is 19.9 Å². The quantitative estimate of drug-likeness (QED) is 0.123. The van der Waals surface area contributed by atoms with Gasteiger partial charge in [0.1, 0.15) is 0 Å². The molecule has 5 heterocycles. The third kappa shape index (κ3) is 13.8. The molecule has 0 atom stereocenters. The normalized spacial score (nSPS) is 10.1. The molecule has 0 saturated carbocycles. The number of aromatic amines is 2. The molecule has 0 unspecified atom stereocenters. The van der Waals surface area contributed by atoms with Crippen LogP contribution in [0.25, 0.3) is 46.4 Å². The average Bonchev–Trinajstić information content (AvgIpc) is 4.00. The third-order valence-corrected chi connectivity index (χ3v) is 6.47. The van der Waals surface area contributed by atoms with Crippen LogP contribution in [0.5, 0.6) is 0 Å². The minimum Gasteiger partial charge on any atom is -0.355 e. The van der Waals surface area contributed by atoms with Gasteiger partial charge in [0.05, 0.1) is 22.8 Å². The molecule has 8 bridgehead atoms. The van der Waals surface area contributed by atoms with E-state index in [9.17, 15) is 0 Å². The van der Waals surface area contributed by atoms with Gasteiger partial charge < -0.3 is 9.97 Å². The molecule has 0 fully saturated rings. The second kappa shape index (κ2) is 21.1. The zero-order valence-electron chi connectivity index (χ0n) is 27.1. The first-order chi connectivity index (χ1) is 23.8. The van der Waals surface area contributed by atoms with Gasteiger partial charge in [-0.25, -0.2) is 9.97 Å². The van der Waals surface area contributed by atoms with Crippen LogP contribution in [-0.2, 0) is 19.5 Å². The van der Waals surface area contributed by atoms with Crippen molar-refractivity contribution < 1.29 is 19.5 Å². The van der Waals surface area contributed by atoms with Gasteiger partial charge in [0.15, 0.2) is 0 Å². The number of hydrogen-bond acceptors (Lipinski definition) is 2. The molecule has 9 rings (SSSR count). The summed E-state index contributed by atoms with van der Waals surface area (Å²) in [6.45, 7) is 0. The second-order valence-corrected chi connectivity index (χ2v) is 10.2. The molecule has 2 N–H and O–H groups in total. The van der Waals surface area contributed by atoms with Crippen LogP contribution in [0.2, 0.25) is 0 Å². The van der Waals surface area contributed by atoms with Gasteiger partial charge in [0, 0.05) is 41.5 Å². The molecule has 0 aliphatic carbocycles. The van der Waals surface area contributed by atoms with Gasteiger partial charge in [0.25, 0.3) is 0 Å². The van der Waals surface area contributed by atoms with E-state index in [1.165, 1.54) is 0 Å². The smallest absolute Gasteiger partial charge is 0.0659 e. The molecule has 2 aliphatic rings. The maximum atomic E-state index is 4.62. The van der Waals surface area contributed by atoms with E-state index in [0.29, 0.717) is 0 Å². The maximum Gasteiger partial charge on any atom is 0.0659 e. The molecule has 3 aromatic heterocycles. The molecular weight excluding hydrogens is 650 g/mol. The minimum absolute atomic E-state index is 0. The van der Waals surface area contributed by atoms with Crippen molar-refractivity contribution in [1.82, 2.24) is 19.9 Å². The molecule has 236 valence electrons. The van der Waals surface area contributed by atoms with E-state index in [0.717, 1.165) is 44.8 Å². The van der Waals surface area contributed by atoms with Gasteiger partial charge in [-0.2, -0.15) is 146 Å². The van der Waals surface area contributed by atoms with Crippen LogP contribution in [0, 0.1) is 24.3 Å². The van der Waals surface area contributed by atoms with E-state index < -0.39 is 0 Å². The summed E-state index contributed by atoms with van der Waals surface area (Å²) in [6.07, 6.45) is 8.05. The molecule has 0 amide bonds. The van der Waals surface area contributed by atoms with Crippen LogP contribution < -0.4 is 0 Å². The van der Waals surface area contributed by atoms with Crippen LogP contribution >= 0.6 is 0 Å². The van der Waals surface area contributed by atoms with Crippen molar-refractivity contribution in [3.05, 3.63) is 217 Å². The molecule has 4 nitrogen and oxygen atoms in total. The maximum absolute atomic E-state index is 4.62. The van der Waals surface area contributed by atoms with Gasteiger partial charge in [-0.15, -0.1) is 0 Å². The largest absolute Gasteiger partial charge is 0.355 e. The summed E-state index contributed by atoms with van der Waals surface area (Å²) in [5.41, 5.74) is 7.86. The topological polar surface area (TPSA) is 57.4 Å². The van der Waals surface area contributed by atoms with E-state index in [4.69, 9.17) is 0 Å². The van der Waals surface area contributed by atoms with Crippen molar-refractivity contribution in [3.8, 4) is 0 Å². The predicted molar refractivity (Wildman–Crippen MR) is 200 cm³/mol. The molecule has 49 heavy (non-hydrogen) atoms. The van der Waals surface area contributed by atoms with Gasteiger partial charge in [-0.1, -0.05) is 0 Å². The summed E-state index contributed by atoms with van der Waals surface area (Å²) in [5.74, 6) is 0. The number of nitrogens with one attached hydrogen (secondary N) is 2. The Hall–Kier alpha value is -5.90. The summed E-state index contributed by atoms with van der Waals surface area (Å²) >= 11 is 0. The SMILES string of the molecule is C1=Cc2cc3ccc(cc4ccc(cc5nc(cc1n2)C=C5)[nH]4)[nH]3.[Zn].[c-]1ccccc1.[c-]1ccccc1.[c-]1ccccc1.[c-]1ccccc1. The van der Waals surface area contributed by atoms with Gasteiger partial charge >= 0.3 is 0 Å². The van der Waals surface area contributed by atoms with E-state index >= 15 is 0 Å². The zero-order valence-corrected chi connectivity index (χ0v) is 30.0. The van der Waals surface area contributed by atoms with Crippen molar-refractivity contribution in [3.63, 3.8) is 0 Å². The Morgan fingerprint density at radius 3 is 0.837 bits per heavy atom. The van der Waals surface area contributed by atoms with E-state index in [-0.39, 0.29) is 19.5 Å². The number of rotatable bonds is 0. The molecule has 4 aromatic carbocycles. The Morgan fingerprint density at radius 1 is 0.327 bits per heavy atom. The van der Waals surface area contributed by atoms with Gasteiger partial charge in [0.2, 0.25) is 0 Å². The fraction of sp³-hybridized carbons (Fsp3) is 0. The van der Waals surface area contributed by atoms with E-state index in [1.807, 2.05) is 164 Å². The third-order valence-electron chi connectivity index (χ3n) is 6.47. The first kappa shape index (κ1) is 35.9. The Morgan fingerprint density at radius 2 is 0.592 bits per heavy atom. The van der Waals surface area contributed by atoms with Crippen molar-refractivity contribution in [2.45, 2.75) is 0 Å².